The van der Waals surface area contributed by atoms with Crippen LogP contribution in [0.15, 0.2) is 53.7 Å². The van der Waals surface area contributed by atoms with Crippen LogP contribution >= 0.6 is 23.4 Å². The zero-order valence-corrected chi connectivity index (χ0v) is 15.3. The van der Waals surface area contributed by atoms with Crippen molar-refractivity contribution in [3.63, 3.8) is 0 Å². The Morgan fingerprint density at radius 3 is 2.62 bits per heavy atom. The van der Waals surface area contributed by atoms with E-state index in [9.17, 15) is 9.59 Å². The van der Waals surface area contributed by atoms with Crippen molar-refractivity contribution < 1.29 is 9.59 Å². The van der Waals surface area contributed by atoms with Crippen LogP contribution in [0.3, 0.4) is 0 Å². The van der Waals surface area contributed by atoms with Gasteiger partial charge in [-0.2, -0.15) is 4.68 Å². The zero-order chi connectivity index (χ0) is 18.5. The number of nitrogens with zero attached hydrogens (tertiary/aromatic N) is 4. The van der Waals surface area contributed by atoms with Gasteiger partial charge >= 0.3 is 0 Å². The number of anilines is 1. The Morgan fingerprint density at radius 1 is 1.15 bits per heavy atom. The van der Waals surface area contributed by atoms with Gasteiger partial charge in [0.15, 0.2) is 5.78 Å². The molecule has 0 aliphatic rings. The molecule has 1 heterocycles. The molecule has 2 aromatic carbocycles. The molecule has 0 fully saturated rings. The lowest BCUT2D eigenvalue weighted by atomic mass is 10.1. The lowest BCUT2D eigenvalue weighted by Gasteiger charge is -2.09. The van der Waals surface area contributed by atoms with E-state index in [4.69, 9.17) is 11.6 Å². The van der Waals surface area contributed by atoms with Crippen molar-refractivity contribution in [3.8, 4) is 5.69 Å². The highest BCUT2D eigenvalue weighted by Crippen LogP contribution is 2.21. The van der Waals surface area contributed by atoms with Gasteiger partial charge in [0, 0.05) is 10.6 Å². The maximum atomic E-state index is 12.2. The SMILES string of the molecule is CC(=O)c1ccccc1NC(=O)CSc1nnnn1-c1ccc(Cl)cc1. The number of amides is 1. The van der Waals surface area contributed by atoms with Crippen molar-refractivity contribution in [2.45, 2.75) is 12.1 Å². The Hall–Kier alpha value is -2.71. The number of halogens is 1. The first-order valence-electron chi connectivity index (χ1n) is 7.61. The van der Waals surface area contributed by atoms with Crippen LogP contribution in [0.4, 0.5) is 5.69 Å². The van der Waals surface area contributed by atoms with E-state index in [0.717, 1.165) is 5.69 Å². The number of benzene rings is 2. The molecule has 0 aliphatic carbocycles. The van der Waals surface area contributed by atoms with Crippen molar-refractivity contribution in [1.29, 1.82) is 0 Å². The van der Waals surface area contributed by atoms with E-state index in [1.54, 1.807) is 48.5 Å². The van der Waals surface area contributed by atoms with Gasteiger partial charge in [0.25, 0.3) is 0 Å². The maximum absolute atomic E-state index is 12.2. The number of aromatic nitrogens is 4. The molecule has 0 saturated carbocycles. The van der Waals surface area contributed by atoms with Crippen LogP contribution in [0.5, 0.6) is 0 Å². The minimum Gasteiger partial charge on any atom is -0.325 e. The molecule has 26 heavy (non-hydrogen) atoms. The summed E-state index contributed by atoms with van der Waals surface area (Å²) in [7, 11) is 0. The quantitative estimate of drug-likeness (QED) is 0.515. The summed E-state index contributed by atoms with van der Waals surface area (Å²) in [6, 6.07) is 13.9. The van der Waals surface area contributed by atoms with Crippen molar-refractivity contribution in [2.24, 2.45) is 0 Å². The Morgan fingerprint density at radius 2 is 1.88 bits per heavy atom. The lowest BCUT2D eigenvalue weighted by molar-refractivity contribution is -0.113. The molecule has 1 N–H and O–H groups in total. The summed E-state index contributed by atoms with van der Waals surface area (Å²) in [6.45, 7) is 1.46. The molecular weight excluding hydrogens is 374 g/mol. The number of hydrogen-bond donors (Lipinski definition) is 1. The number of carbonyl (C=O) groups excluding carboxylic acids is 2. The molecule has 132 valence electrons. The number of Topliss-reactive ketones (excluding diaryl/α,β-unsaturated/α-hetero) is 1. The van der Waals surface area contributed by atoms with Gasteiger partial charge in [-0.25, -0.2) is 0 Å². The molecule has 0 aliphatic heterocycles. The first-order valence-corrected chi connectivity index (χ1v) is 8.98. The smallest absolute Gasteiger partial charge is 0.234 e. The topological polar surface area (TPSA) is 89.8 Å². The summed E-state index contributed by atoms with van der Waals surface area (Å²) < 4.78 is 1.53. The second kappa shape index (κ2) is 8.11. The fourth-order valence-electron chi connectivity index (χ4n) is 2.23. The molecule has 3 rings (SSSR count). The van der Waals surface area contributed by atoms with E-state index in [1.165, 1.54) is 23.4 Å². The standard InChI is InChI=1S/C17H14ClN5O2S/c1-11(24)14-4-2-3-5-15(14)19-16(25)10-26-17-20-21-22-23(17)13-8-6-12(18)7-9-13/h2-9H,10H2,1H3,(H,19,25). The molecule has 0 saturated heterocycles. The monoisotopic (exact) mass is 387 g/mol. The second-order valence-electron chi connectivity index (χ2n) is 5.29. The van der Waals surface area contributed by atoms with Crippen molar-refractivity contribution in [1.82, 2.24) is 20.2 Å². The highest BCUT2D eigenvalue weighted by Gasteiger charge is 2.13. The van der Waals surface area contributed by atoms with Gasteiger partial charge in [-0.05, 0) is 53.7 Å². The molecule has 1 amide bonds. The minimum atomic E-state index is -0.255. The largest absolute Gasteiger partial charge is 0.325 e. The zero-order valence-electron chi connectivity index (χ0n) is 13.7. The molecule has 0 unspecified atom stereocenters. The summed E-state index contributed by atoms with van der Waals surface area (Å²) >= 11 is 7.08. The highest BCUT2D eigenvalue weighted by molar-refractivity contribution is 7.99. The number of tetrazole rings is 1. The van der Waals surface area contributed by atoms with Crippen LogP contribution in [-0.4, -0.2) is 37.7 Å². The van der Waals surface area contributed by atoms with Crippen LogP contribution in [0.2, 0.25) is 5.02 Å². The van der Waals surface area contributed by atoms with E-state index < -0.39 is 0 Å². The number of nitrogens with one attached hydrogen (secondary N) is 1. The van der Waals surface area contributed by atoms with Gasteiger partial charge in [0.2, 0.25) is 11.1 Å². The first-order chi connectivity index (χ1) is 12.5. The average Bonchev–Trinajstić information content (AvgIpc) is 3.09. The lowest BCUT2D eigenvalue weighted by Crippen LogP contribution is -2.16. The van der Waals surface area contributed by atoms with Crippen LogP contribution in [0, 0.1) is 0 Å². The Labute approximate surface area is 158 Å². The molecule has 7 nitrogen and oxygen atoms in total. The number of carbonyl (C=O) groups is 2. The second-order valence-corrected chi connectivity index (χ2v) is 6.67. The third kappa shape index (κ3) is 4.27. The predicted molar refractivity (Wildman–Crippen MR) is 100.0 cm³/mol. The minimum absolute atomic E-state index is 0.0974. The van der Waals surface area contributed by atoms with E-state index in [0.29, 0.717) is 21.4 Å². The van der Waals surface area contributed by atoms with E-state index in [1.807, 2.05) is 0 Å². The van der Waals surface area contributed by atoms with Crippen LogP contribution < -0.4 is 5.32 Å². The Bertz CT molecular complexity index is 942. The van der Waals surface area contributed by atoms with Gasteiger partial charge in [-0.1, -0.05) is 35.5 Å². The number of ketones is 1. The number of rotatable bonds is 6. The Kier molecular flexibility index (Phi) is 5.65. The normalized spacial score (nSPS) is 10.5. The highest BCUT2D eigenvalue weighted by atomic mass is 35.5. The third-order valence-corrected chi connectivity index (χ3v) is 4.60. The van der Waals surface area contributed by atoms with Gasteiger partial charge in [-0.15, -0.1) is 5.10 Å². The van der Waals surface area contributed by atoms with E-state index in [-0.39, 0.29) is 17.4 Å². The molecule has 1 aromatic heterocycles. The van der Waals surface area contributed by atoms with Crippen LogP contribution in [0.1, 0.15) is 17.3 Å². The summed E-state index contributed by atoms with van der Waals surface area (Å²) in [5.41, 5.74) is 1.70. The van der Waals surface area contributed by atoms with Crippen LogP contribution in [0.25, 0.3) is 5.69 Å². The fourth-order valence-corrected chi connectivity index (χ4v) is 3.05. The number of para-hydroxylation sites is 1. The summed E-state index contributed by atoms with van der Waals surface area (Å²) in [4.78, 5) is 23.9. The van der Waals surface area contributed by atoms with Crippen molar-refractivity contribution >= 4 is 40.7 Å². The molecule has 0 radical (unpaired) electrons. The van der Waals surface area contributed by atoms with Gasteiger partial charge in [-0.3, -0.25) is 9.59 Å². The third-order valence-electron chi connectivity index (χ3n) is 3.42. The first kappa shape index (κ1) is 18.1. The number of thioether (sulfide) groups is 1. The van der Waals surface area contributed by atoms with E-state index >= 15 is 0 Å². The Balaban J connectivity index is 1.67. The van der Waals surface area contributed by atoms with Gasteiger partial charge in [0.05, 0.1) is 17.1 Å². The number of hydrogen-bond acceptors (Lipinski definition) is 6. The molecule has 0 spiro atoms. The maximum Gasteiger partial charge on any atom is 0.234 e. The molecule has 0 bridgehead atoms. The molecule has 3 aromatic rings. The fraction of sp³-hybridized carbons (Fsp3) is 0.118. The van der Waals surface area contributed by atoms with Gasteiger partial charge < -0.3 is 5.32 Å². The van der Waals surface area contributed by atoms with Crippen molar-refractivity contribution in [3.05, 3.63) is 59.1 Å². The predicted octanol–water partition coefficient (Wildman–Crippen LogP) is 3.25. The summed E-state index contributed by atoms with van der Waals surface area (Å²) in [5, 5.41) is 15.4. The summed E-state index contributed by atoms with van der Waals surface area (Å²) in [5.74, 6) is -0.269. The van der Waals surface area contributed by atoms with Crippen molar-refractivity contribution in [2.75, 3.05) is 11.1 Å². The van der Waals surface area contributed by atoms with E-state index in [2.05, 4.69) is 20.8 Å². The van der Waals surface area contributed by atoms with Gasteiger partial charge in [0.1, 0.15) is 0 Å². The molecular formula is C17H14ClN5O2S. The molecule has 9 heteroatoms. The van der Waals surface area contributed by atoms with Crippen LogP contribution in [-0.2, 0) is 4.79 Å². The average molecular weight is 388 g/mol. The summed E-state index contributed by atoms with van der Waals surface area (Å²) in [6.07, 6.45) is 0. The molecule has 0 atom stereocenters.